The van der Waals surface area contributed by atoms with Gasteiger partial charge in [0.15, 0.2) is 0 Å². The number of benzene rings is 2. The Morgan fingerprint density at radius 1 is 1.04 bits per heavy atom. The second-order valence-corrected chi connectivity index (χ2v) is 7.80. The van der Waals surface area contributed by atoms with Crippen LogP contribution in [0.15, 0.2) is 60.7 Å². The maximum atomic E-state index is 12.9. The quantitative estimate of drug-likeness (QED) is 0.786. The van der Waals surface area contributed by atoms with Gasteiger partial charge in [0.2, 0.25) is 11.8 Å². The Bertz CT molecular complexity index is 794. The minimum atomic E-state index is -0.958. The van der Waals surface area contributed by atoms with Crippen molar-refractivity contribution < 1.29 is 14.3 Å². The molecule has 2 aromatic rings. The third-order valence-electron chi connectivity index (χ3n) is 5.96. The minimum absolute atomic E-state index is 0.0770. The Morgan fingerprint density at radius 3 is 2.11 bits per heavy atom. The van der Waals surface area contributed by atoms with Gasteiger partial charge in [-0.3, -0.25) is 9.59 Å². The van der Waals surface area contributed by atoms with Gasteiger partial charge in [-0.05, 0) is 30.4 Å². The summed E-state index contributed by atoms with van der Waals surface area (Å²) in [6, 6.07) is 20.8. The van der Waals surface area contributed by atoms with Crippen LogP contribution in [0.5, 0.6) is 0 Å². The molecule has 2 N–H and O–H groups in total. The topological polar surface area (TPSA) is 72.6 Å². The van der Waals surface area contributed by atoms with E-state index in [1.165, 1.54) is 11.1 Å². The third kappa shape index (κ3) is 3.67. The Labute approximate surface area is 165 Å². The first-order valence-corrected chi connectivity index (χ1v) is 9.91. The summed E-state index contributed by atoms with van der Waals surface area (Å²) < 4.78 is 6.02. The first kappa shape index (κ1) is 18.7. The second-order valence-electron chi connectivity index (χ2n) is 7.80. The Morgan fingerprint density at radius 2 is 1.61 bits per heavy atom. The summed E-state index contributed by atoms with van der Waals surface area (Å²) in [5, 5.41) is 0. The molecule has 5 nitrogen and oxygen atoms in total. The Balaban J connectivity index is 1.51. The van der Waals surface area contributed by atoms with Crippen molar-refractivity contribution in [3.05, 3.63) is 71.8 Å². The summed E-state index contributed by atoms with van der Waals surface area (Å²) in [5.74, 6) is -0.426. The Hall–Kier alpha value is -2.66. The zero-order valence-electron chi connectivity index (χ0n) is 15.9. The minimum Gasteiger partial charge on any atom is -0.375 e. The van der Waals surface area contributed by atoms with Crippen molar-refractivity contribution in [2.24, 2.45) is 11.1 Å². The van der Waals surface area contributed by atoms with E-state index >= 15 is 0 Å². The molecule has 1 saturated heterocycles. The van der Waals surface area contributed by atoms with Gasteiger partial charge in [-0.2, -0.15) is 0 Å². The molecule has 1 saturated carbocycles. The molecule has 1 unspecified atom stereocenters. The number of ether oxygens (including phenoxy) is 1. The van der Waals surface area contributed by atoms with E-state index in [2.05, 4.69) is 24.3 Å². The SMILES string of the molecule is NC(=O)C1(C(=O)N2CCOC(CC(c3ccccc3)c3ccccc3)C2)CC1. The van der Waals surface area contributed by atoms with Crippen LogP contribution in [0.3, 0.4) is 0 Å². The van der Waals surface area contributed by atoms with Crippen molar-refractivity contribution in [1.29, 1.82) is 0 Å². The maximum absolute atomic E-state index is 12.9. The number of morpholine rings is 1. The predicted molar refractivity (Wildman–Crippen MR) is 107 cm³/mol. The monoisotopic (exact) mass is 378 g/mol. The number of hydrogen-bond donors (Lipinski definition) is 1. The molecule has 0 bridgehead atoms. The normalized spacial score (nSPS) is 20.8. The smallest absolute Gasteiger partial charge is 0.238 e. The summed E-state index contributed by atoms with van der Waals surface area (Å²) in [5.41, 5.74) is 7.00. The molecule has 2 amide bonds. The van der Waals surface area contributed by atoms with Crippen LogP contribution < -0.4 is 5.73 Å². The molecule has 0 aromatic heterocycles. The molecule has 1 aliphatic heterocycles. The lowest BCUT2D eigenvalue weighted by Crippen LogP contribution is -2.51. The van der Waals surface area contributed by atoms with Gasteiger partial charge in [0, 0.05) is 19.0 Å². The van der Waals surface area contributed by atoms with Gasteiger partial charge in [-0.25, -0.2) is 0 Å². The molecule has 146 valence electrons. The van der Waals surface area contributed by atoms with Crippen LogP contribution in [0.4, 0.5) is 0 Å². The van der Waals surface area contributed by atoms with Gasteiger partial charge in [-0.1, -0.05) is 60.7 Å². The van der Waals surface area contributed by atoms with Crippen LogP contribution in [-0.4, -0.2) is 42.5 Å². The van der Waals surface area contributed by atoms with Crippen molar-refractivity contribution >= 4 is 11.8 Å². The van der Waals surface area contributed by atoms with E-state index in [-0.39, 0.29) is 17.9 Å². The molecular weight excluding hydrogens is 352 g/mol. The highest BCUT2D eigenvalue weighted by Gasteiger charge is 2.57. The molecule has 28 heavy (non-hydrogen) atoms. The van der Waals surface area contributed by atoms with E-state index in [1.54, 1.807) is 4.90 Å². The van der Waals surface area contributed by atoms with Gasteiger partial charge in [0.25, 0.3) is 0 Å². The number of nitrogens with zero attached hydrogens (tertiary/aromatic N) is 1. The highest BCUT2D eigenvalue weighted by atomic mass is 16.5. The Kier molecular flexibility index (Phi) is 5.18. The number of carbonyl (C=O) groups excluding carboxylic acids is 2. The van der Waals surface area contributed by atoms with Crippen LogP contribution >= 0.6 is 0 Å². The van der Waals surface area contributed by atoms with Gasteiger partial charge < -0.3 is 15.4 Å². The van der Waals surface area contributed by atoms with E-state index in [0.717, 1.165) is 6.42 Å². The molecule has 1 atom stereocenters. The van der Waals surface area contributed by atoms with E-state index in [1.807, 2.05) is 36.4 Å². The number of hydrogen-bond acceptors (Lipinski definition) is 3. The molecule has 2 aromatic carbocycles. The van der Waals surface area contributed by atoms with Crippen LogP contribution in [0, 0.1) is 5.41 Å². The van der Waals surface area contributed by atoms with E-state index in [0.29, 0.717) is 32.5 Å². The number of primary amides is 1. The zero-order chi connectivity index (χ0) is 19.6. The molecule has 4 rings (SSSR count). The lowest BCUT2D eigenvalue weighted by Gasteiger charge is -2.36. The first-order chi connectivity index (χ1) is 13.6. The largest absolute Gasteiger partial charge is 0.375 e. The fraction of sp³-hybridized carbons (Fsp3) is 0.391. The second kappa shape index (κ2) is 7.76. The van der Waals surface area contributed by atoms with Crippen LogP contribution in [0.2, 0.25) is 0 Å². The van der Waals surface area contributed by atoms with Crippen molar-refractivity contribution in [3.63, 3.8) is 0 Å². The van der Waals surface area contributed by atoms with E-state index < -0.39 is 11.3 Å². The molecule has 0 spiro atoms. The average Bonchev–Trinajstić information content (AvgIpc) is 3.55. The van der Waals surface area contributed by atoms with Crippen LogP contribution in [-0.2, 0) is 14.3 Å². The summed E-state index contributed by atoms with van der Waals surface area (Å²) in [4.78, 5) is 26.4. The average molecular weight is 378 g/mol. The van der Waals surface area contributed by atoms with E-state index in [9.17, 15) is 9.59 Å². The number of nitrogens with two attached hydrogens (primary N) is 1. The zero-order valence-corrected chi connectivity index (χ0v) is 15.9. The summed E-state index contributed by atoms with van der Waals surface area (Å²) in [6.45, 7) is 1.51. The first-order valence-electron chi connectivity index (χ1n) is 9.91. The van der Waals surface area contributed by atoms with Crippen molar-refractivity contribution in [1.82, 2.24) is 4.90 Å². The van der Waals surface area contributed by atoms with E-state index in [4.69, 9.17) is 10.5 Å². The molecule has 1 heterocycles. The predicted octanol–water partition coefficient (Wildman–Crippen LogP) is 2.70. The summed E-state index contributed by atoms with van der Waals surface area (Å²) >= 11 is 0. The molecule has 0 radical (unpaired) electrons. The molecule has 2 fully saturated rings. The standard InChI is InChI=1S/C23H26N2O3/c24-21(26)23(11-12-23)22(27)25-13-14-28-19(16-25)15-20(17-7-3-1-4-8-17)18-9-5-2-6-10-18/h1-10,19-20H,11-16H2,(H2,24,26). The number of amides is 2. The fourth-order valence-corrected chi connectivity index (χ4v) is 4.14. The lowest BCUT2D eigenvalue weighted by molar-refractivity contribution is -0.149. The highest BCUT2D eigenvalue weighted by Crippen LogP contribution is 2.47. The summed E-state index contributed by atoms with van der Waals surface area (Å²) in [6.07, 6.45) is 1.84. The highest BCUT2D eigenvalue weighted by molar-refractivity contribution is 6.07. The number of carbonyl (C=O) groups is 2. The van der Waals surface area contributed by atoms with Crippen molar-refractivity contribution in [2.45, 2.75) is 31.3 Å². The van der Waals surface area contributed by atoms with Crippen LogP contribution in [0.25, 0.3) is 0 Å². The number of rotatable bonds is 6. The molecular formula is C23H26N2O3. The van der Waals surface area contributed by atoms with Crippen LogP contribution in [0.1, 0.15) is 36.3 Å². The maximum Gasteiger partial charge on any atom is 0.238 e. The van der Waals surface area contributed by atoms with Crippen molar-refractivity contribution in [2.75, 3.05) is 19.7 Å². The van der Waals surface area contributed by atoms with Gasteiger partial charge >= 0.3 is 0 Å². The van der Waals surface area contributed by atoms with Gasteiger partial charge in [0.05, 0.1) is 12.7 Å². The van der Waals surface area contributed by atoms with Crippen molar-refractivity contribution in [3.8, 4) is 0 Å². The molecule has 1 aliphatic carbocycles. The molecule has 5 heteroatoms. The lowest BCUT2D eigenvalue weighted by atomic mass is 9.86. The molecule has 2 aliphatic rings. The van der Waals surface area contributed by atoms with Gasteiger partial charge in [-0.15, -0.1) is 0 Å². The fourth-order valence-electron chi connectivity index (χ4n) is 4.14. The summed E-state index contributed by atoms with van der Waals surface area (Å²) in [7, 11) is 0. The van der Waals surface area contributed by atoms with Gasteiger partial charge in [0.1, 0.15) is 5.41 Å². The third-order valence-corrected chi connectivity index (χ3v) is 5.96.